The number of hydrazine groups is 1. The minimum absolute atomic E-state index is 0.101. The van der Waals surface area contributed by atoms with Crippen molar-refractivity contribution in [3.63, 3.8) is 0 Å². The molecule has 1 heterocycles. The van der Waals surface area contributed by atoms with Crippen molar-refractivity contribution in [2.75, 3.05) is 19.8 Å². The average Bonchev–Trinajstić information content (AvgIpc) is 2.75. The van der Waals surface area contributed by atoms with E-state index >= 15 is 0 Å². The summed E-state index contributed by atoms with van der Waals surface area (Å²) in [5.41, 5.74) is 4.03. The first-order valence-electron chi connectivity index (χ1n) is 5.62. The fourth-order valence-electron chi connectivity index (χ4n) is 2.05. The SMILES string of the molecule is CCOCC(NN)C1COc2ccccc21. The van der Waals surface area contributed by atoms with E-state index in [0.29, 0.717) is 19.8 Å². The fourth-order valence-corrected chi connectivity index (χ4v) is 2.05. The molecule has 3 N–H and O–H groups in total. The van der Waals surface area contributed by atoms with Gasteiger partial charge in [0.15, 0.2) is 0 Å². The maximum Gasteiger partial charge on any atom is 0.122 e. The minimum atomic E-state index is 0.101. The van der Waals surface area contributed by atoms with Crippen molar-refractivity contribution >= 4 is 0 Å². The summed E-state index contributed by atoms with van der Waals surface area (Å²) in [5, 5.41) is 0. The molecule has 1 aromatic rings. The fraction of sp³-hybridized carbons (Fsp3) is 0.500. The molecule has 2 atom stereocenters. The van der Waals surface area contributed by atoms with E-state index in [1.165, 1.54) is 5.56 Å². The van der Waals surface area contributed by atoms with E-state index in [-0.39, 0.29) is 12.0 Å². The van der Waals surface area contributed by atoms with Crippen molar-refractivity contribution in [2.24, 2.45) is 5.84 Å². The zero-order chi connectivity index (χ0) is 11.4. The predicted molar refractivity (Wildman–Crippen MR) is 62.3 cm³/mol. The average molecular weight is 222 g/mol. The Morgan fingerprint density at radius 2 is 2.38 bits per heavy atom. The summed E-state index contributed by atoms with van der Waals surface area (Å²) in [5.74, 6) is 6.80. The summed E-state index contributed by atoms with van der Waals surface area (Å²) >= 11 is 0. The van der Waals surface area contributed by atoms with Gasteiger partial charge in [-0.1, -0.05) is 18.2 Å². The maximum absolute atomic E-state index is 5.62. The quantitative estimate of drug-likeness (QED) is 0.577. The zero-order valence-corrected chi connectivity index (χ0v) is 9.48. The molecule has 2 rings (SSSR count). The molecule has 0 amide bonds. The number of ether oxygens (including phenoxy) is 2. The molecule has 88 valence electrons. The molecule has 0 saturated heterocycles. The summed E-state index contributed by atoms with van der Waals surface area (Å²) < 4.78 is 11.0. The lowest BCUT2D eigenvalue weighted by Gasteiger charge is -2.21. The number of fused-ring (bicyclic) bond motifs is 1. The van der Waals surface area contributed by atoms with Gasteiger partial charge in [0.05, 0.1) is 19.3 Å². The highest BCUT2D eigenvalue weighted by Gasteiger charge is 2.30. The topological polar surface area (TPSA) is 56.5 Å². The number of hydrogen-bond acceptors (Lipinski definition) is 4. The van der Waals surface area contributed by atoms with Gasteiger partial charge in [-0.25, -0.2) is 0 Å². The van der Waals surface area contributed by atoms with E-state index in [2.05, 4.69) is 11.5 Å². The molecule has 4 nitrogen and oxygen atoms in total. The van der Waals surface area contributed by atoms with Gasteiger partial charge in [-0.2, -0.15) is 0 Å². The summed E-state index contributed by atoms with van der Waals surface area (Å²) in [6, 6.07) is 8.18. The summed E-state index contributed by atoms with van der Waals surface area (Å²) in [6.45, 7) is 3.96. The lowest BCUT2D eigenvalue weighted by atomic mass is 9.94. The third kappa shape index (κ3) is 2.19. The highest BCUT2D eigenvalue weighted by atomic mass is 16.5. The molecule has 0 spiro atoms. The van der Waals surface area contributed by atoms with Crippen LogP contribution in [0.3, 0.4) is 0 Å². The monoisotopic (exact) mass is 222 g/mol. The Labute approximate surface area is 95.7 Å². The lowest BCUT2D eigenvalue weighted by molar-refractivity contribution is 0.110. The normalized spacial score (nSPS) is 20.2. The Hall–Kier alpha value is -1.10. The number of para-hydroxylation sites is 1. The van der Waals surface area contributed by atoms with Crippen molar-refractivity contribution < 1.29 is 9.47 Å². The number of nitrogens with one attached hydrogen (secondary N) is 1. The van der Waals surface area contributed by atoms with Gasteiger partial charge < -0.3 is 9.47 Å². The standard InChI is InChI=1S/C12H18N2O2/c1-2-15-8-11(14-13)10-7-16-12-6-4-3-5-9(10)12/h3-6,10-11,14H,2,7-8,13H2,1H3. The van der Waals surface area contributed by atoms with Crippen molar-refractivity contribution in [3.05, 3.63) is 29.8 Å². The van der Waals surface area contributed by atoms with E-state index in [4.69, 9.17) is 15.3 Å². The number of nitrogens with two attached hydrogens (primary N) is 1. The van der Waals surface area contributed by atoms with Crippen LogP contribution in [0.2, 0.25) is 0 Å². The molecule has 0 radical (unpaired) electrons. The van der Waals surface area contributed by atoms with E-state index in [1.54, 1.807) is 0 Å². The Kier molecular flexibility index (Phi) is 3.77. The van der Waals surface area contributed by atoms with Crippen molar-refractivity contribution in [3.8, 4) is 5.75 Å². The van der Waals surface area contributed by atoms with Crippen molar-refractivity contribution in [1.82, 2.24) is 5.43 Å². The Bertz CT molecular complexity index is 344. The predicted octanol–water partition coefficient (Wildman–Crippen LogP) is 1.03. The molecule has 0 fully saturated rings. The van der Waals surface area contributed by atoms with E-state index in [9.17, 15) is 0 Å². The second-order valence-electron chi connectivity index (χ2n) is 3.89. The summed E-state index contributed by atoms with van der Waals surface area (Å²) in [7, 11) is 0. The second-order valence-corrected chi connectivity index (χ2v) is 3.89. The molecule has 1 aliphatic heterocycles. The van der Waals surface area contributed by atoms with Gasteiger partial charge in [0, 0.05) is 18.1 Å². The molecule has 16 heavy (non-hydrogen) atoms. The van der Waals surface area contributed by atoms with Gasteiger partial charge in [0.1, 0.15) is 5.75 Å². The van der Waals surface area contributed by atoms with Crippen LogP contribution in [0.25, 0.3) is 0 Å². The van der Waals surface area contributed by atoms with Crippen molar-refractivity contribution in [2.45, 2.75) is 18.9 Å². The van der Waals surface area contributed by atoms with Crippen LogP contribution >= 0.6 is 0 Å². The summed E-state index contributed by atoms with van der Waals surface area (Å²) in [4.78, 5) is 0. The molecule has 0 aliphatic carbocycles. The van der Waals surface area contributed by atoms with Crippen LogP contribution in [0.5, 0.6) is 5.75 Å². The number of rotatable bonds is 5. The molecule has 0 bridgehead atoms. The number of benzene rings is 1. The van der Waals surface area contributed by atoms with Crippen LogP contribution in [-0.4, -0.2) is 25.9 Å². The van der Waals surface area contributed by atoms with Gasteiger partial charge in [-0.15, -0.1) is 0 Å². The van der Waals surface area contributed by atoms with Crippen LogP contribution in [0.4, 0.5) is 0 Å². The molecular weight excluding hydrogens is 204 g/mol. The van der Waals surface area contributed by atoms with Gasteiger partial charge >= 0.3 is 0 Å². The van der Waals surface area contributed by atoms with E-state index in [1.807, 2.05) is 25.1 Å². The van der Waals surface area contributed by atoms with Crippen LogP contribution in [0.1, 0.15) is 18.4 Å². The molecule has 0 aromatic heterocycles. The molecule has 1 aliphatic rings. The highest BCUT2D eigenvalue weighted by molar-refractivity contribution is 5.40. The Morgan fingerprint density at radius 1 is 1.56 bits per heavy atom. The molecular formula is C12H18N2O2. The van der Waals surface area contributed by atoms with Crippen LogP contribution in [0, 0.1) is 0 Å². The first-order valence-corrected chi connectivity index (χ1v) is 5.62. The van der Waals surface area contributed by atoms with Gasteiger partial charge in [0.2, 0.25) is 0 Å². The maximum atomic E-state index is 5.62. The third-order valence-corrected chi connectivity index (χ3v) is 2.94. The number of hydrogen-bond donors (Lipinski definition) is 2. The van der Waals surface area contributed by atoms with E-state index < -0.39 is 0 Å². The van der Waals surface area contributed by atoms with Gasteiger partial charge in [-0.05, 0) is 13.0 Å². The largest absolute Gasteiger partial charge is 0.493 e. The van der Waals surface area contributed by atoms with Crippen LogP contribution in [0.15, 0.2) is 24.3 Å². The first-order chi connectivity index (χ1) is 7.86. The molecule has 0 saturated carbocycles. The smallest absolute Gasteiger partial charge is 0.122 e. The van der Waals surface area contributed by atoms with E-state index in [0.717, 1.165) is 5.75 Å². The lowest BCUT2D eigenvalue weighted by Crippen LogP contribution is -2.43. The Morgan fingerprint density at radius 3 is 3.12 bits per heavy atom. The van der Waals surface area contributed by atoms with Crippen LogP contribution < -0.4 is 16.0 Å². The van der Waals surface area contributed by atoms with Crippen LogP contribution in [-0.2, 0) is 4.74 Å². The molecule has 2 unspecified atom stereocenters. The first kappa shape index (κ1) is 11.4. The molecule has 4 heteroatoms. The zero-order valence-electron chi connectivity index (χ0n) is 9.48. The summed E-state index contributed by atoms with van der Waals surface area (Å²) in [6.07, 6.45) is 0. The van der Waals surface area contributed by atoms with Crippen molar-refractivity contribution in [1.29, 1.82) is 0 Å². The second kappa shape index (κ2) is 5.30. The molecule has 1 aromatic carbocycles. The third-order valence-electron chi connectivity index (χ3n) is 2.94. The van der Waals surface area contributed by atoms with Gasteiger partial charge in [-0.3, -0.25) is 11.3 Å². The van der Waals surface area contributed by atoms with Gasteiger partial charge in [0.25, 0.3) is 0 Å². The highest BCUT2D eigenvalue weighted by Crippen LogP contribution is 2.35. The minimum Gasteiger partial charge on any atom is -0.493 e. The Balaban J connectivity index is 2.10.